The molecule has 0 aliphatic carbocycles. The van der Waals surface area contributed by atoms with Crippen molar-refractivity contribution in [3.63, 3.8) is 0 Å². The molecular weight excluding hydrogens is 516 g/mol. The van der Waals surface area contributed by atoms with Crippen molar-refractivity contribution in [3.8, 4) is 5.75 Å². The summed E-state index contributed by atoms with van der Waals surface area (Å²) in [5, 5.41) is 17.2. The number of aliphatic hydroxyl groups excluding tert-OH is 1. The third-order valence-electron chi connectivity index (χ3n) is 7.25. The fourth-order valence-corrected chi connectivity index (χ4v) is 4.77. The number of benzene rings is 1. The molecule has 234 valence electrons. The van der Waals surface area contributed by atoms with Crippen LogP contribution in [0.25, 0.3) is 0 Å². The van der Waals surface area contributed by atoms with Crippen molar-refractivity contribution in [2.24, 2.45) is 17.8 Å². The lowest BCUT2D eigenvalue weighted by Gasteiger charge is -2.32. The van der Waals surface area contributed by atoms with Crippen LogP contribution in [0.3, 0.4) is 0 Å². The standard InChI is InChI=1S/C34H58N2O5/c1-12-14-17-35-31(38)24(5)19-29(37)28(36-32(39)41-34(9,10)11)22-26(23(3)4)20-25-15-16-27(33(6,7)8)30(21-25)40-18-13-2/h13,15-16,21,23-24,26,28-29,37H,2,12,14,17-20,22H2,1,3-11H3,(H,35,38)(H,36,39)/t24-,26+,28+,29+/m1/s1. The molecule has 1 aromatic rings. The molecule has 0 heterocycles. The van der Waals surface area contributed by atoms with E-state index in [0.717, 1.165) is 36.1 Å². The number of carbonyl (C=O) groups excluding carboxylic acids is 2. The topological polar surface area (TPSA) is 96.9 Å². The Bertz CT molecular complexity index is 961. The van der Waals surface area contributed by atoms with Crippen LogP contribution < -0.4 is 15.4 Å². The highest BCUT2D eigenvalue weighted by Crippen LogP contribution is 2.34. The van der Waals surface area contributed by atoms with Gasteiger partial charge in [-0.1, -0.05) is 79.7 Å². The zero-order valence-corrected chi connectivity index (χ0v) is 27.4. The van der Waals surface area contributed by atoms with Crippen molar-refractivity contribution < 1.29 is 24.2 Å². The number of nitrogens with one attached hydrogen (secondary N) is 2. The largest absolute Gasteiger partial charge is 0.489 e. The lowest BCUT2D eigenvalue weighted by Crippen LogP contribution is -2.48. The maximum atomic E-state index is 12.8. The quantitative estimate of drug-likeness (QED) is 0.147. The van der Waals surface area contributed by atoms with Crippen molar-refractivity contribution >= 4 is 12.0 Å². The summed E-state index contributed by atoms with van der Waals surface area (Å²) in [6, 6.07) is 5.81. The summed E-state index contributed by atoms with van der Waals surface area (Å²) in [4.78, 5) is 25.4. The molecule has 0 aromatic heterocycles. The first-order valence-electron chi connectivity index (χ1n) is 15.3. The highest BCUT2D eigenvalue weighted by Gasteiger charge is 2.31. The van der Waals surface area contributed by atoms with Gasteiger partial charge in [0.25, 0.3) is 0 Å². The van der Waals surface area contributed by atoms with Crippen LogP contribution in [-0.2, 0) is 21.4 Å². The van der Waals surface area contributed by atoms with E-state index < -0.39 is 29.8 Å². The summed E-state index contributed by atoms with van der Waals surface area (Å²) in [5.74, 6) is 0.797. The smallest absolute Gasteiger partial charge is 0.407 e. The van der Waals surface area contributed by atoms with Crippen molar-refractivity contribution in [1.29, 1.82) is 0 Å². The normalized spacial score (nSPS) is 15.0. The molecule has 0 unspecified atom stereocenters. The molecule has 1 rings (SSSR count). The summed E-state index contributed by atoms with van der Waals surface area (Å²) >= 11 is 0. The monoisotopic (exact) mass is 574 g/mol. The van der Waals surface area contributed by atoms with Crippen molar-refractivity contribution in [1.82, 2.24) is 10.6 Å². The van der Waals surface area contributed by atoms with Crippen LogP contribution in [0.1, 0.15) is 106 Å². The van der Waals surface area contributed by atoms with Gasteiger partial charge < -0.3 is 25.2 Å². The Morgan fingerprint density at radius 3 is 2.27 bits per heavy atom. The molecular formula is C34H58N2O5. The molecule has 7 nitrogen and oxygen atoms in total. The van der Waals surface area contributed by atoms with E-state index in [1.54, 1.807) is 6.08 Å². The number of hydrogen-bond acceptors (Lipinski definition) is 5. The Balaban J connectivity index is 3.21. The molecule has 1 aromatic carbocycles. The van der Waals surface area contributed by atoms with E-state index in [1.165, 1.54) is 0 Å². The second-order valence-electron chi connectivity index (χ2n) is 13.7. The fraction of sp³-hybridized carbons (Fsp3) is 0.706. The van der Waals surface area contributed by atoms with E-state index in [0.29, 0.717) is 19.6 Å². The third-order valence-corrected chi connectivity index (χ3v) is 7.25. The number of carbonyl (C=O) groups is 2. The molecule has 0 bridgehead atoms. The van der Waals surface area contributed by atoms with Crippen molar-refractivity contribution in [2.75, 3.05) is 13.2 Å². The SMILES string of the molecule is C=CCOc1cc(C[C@@H](C[C@H](NC(=O)OC(C)(C)C)[C@@H](O)C[C@@H](C)C(=O)NCCCC)C(C)C)ccc1C(C)(C)C. The number of hydrogen-bond donors (Lipinski definition) is 3. The van der Waals surface area contributed by atoms with Gasteiger partial charge in [0.1, 0.15) is 18.0 Å². The van der Waals surface area contributed by atoms with E-state index in [4.69, 9.17) is 9.47 Å². The Hall–Kier alpha value is -2.54. The van der Waals surface area contributed by atoms with Crippen LogP contribution >= 0.6 is 0 Å². The fourth-order valence-electron chi connectivity index (χ4n) is 4.77. The van der Waals surface area contributed by atoms with Gasteiger partial charge >= 0.3 is 6.09 Å². The zero-order valence-electron chi connectivity index (χ0n) is 27.4. The van der Waals surface area contributed by atoms with E-state index >= 15 is 0 Å². The Kier molecular flexibility index (Phi) is 14.9. The first-order chi connectivity index (χ1) is 19.0. The molecule has 41 heavy (non-hydrogen) atoms. The molecule has 0 spiro atoms. The highest BCUT2D eigenvalue weighted by atomic mass is 16.6. The predicted molar refractivity (Wildman–Crippen MR) is 168 cm³/mol. The maximum Gasteiger partial charge on any atom is 0.407 e. The van der Waals surface area contributed by atoms with E-state index in [9.17, 15) is 14.7 Å². The third kappa shape index (κ3) is 13.8. The minimum atomic E-state index is -0.912. The molecule has 3 N–H and O–H groups in total. The Morgan fingerprint density at radius 1 is 1.07 bits per heavy atom. The Labute approximate surface area is 249 Å². The van der Waals surface area contributed by atoms with Crippen LogP contribution in [0.15, 0.2) is 30.9 Å². The highest BCUT2D eigenvalue weighted by molar-refractivity contribution is 5.78. The zero-order chi connectivity index (χ0) is 31.4. The summed E-state index contributed by atoms with van der Waals surface area (Å²) < 4.78 is 11.6. The number of alkyl carbamates (subject to hydrolysis) is 1. The number of rotatable bonds is 16. The van der Waals surface area contributed by atoms with Crippen LogP contribution in [0.2, 0.25) is 0 Å². The molecule has 4 atom stereocenters. The van der Waals surface area contributed by atoms with Crippen LogP contribution in [-0.4, -0.2) is 48.0 Å². The van der Waals surface area contributed by atoms with Crippen LogP contribution in [0.4, 0.5) is 4.79 Å². The van der Waals surface area contributed by atoms with Crippen LogP contribution in [0.5, 0.6) is 5.75 Å². The molecule has 0 aliphatic heterocycles. The molecule has 7 heteroatoms. The van der Waals surface area contributed by atoms with Gasteiger partial charge in [0.15, 0.2) is 0 Å². The average molecular weight is 575 g/mol. The number of amides is 2. The van der Waals surface area contributed by atoms with E-state index in [2.05, 4.69) is 77.0 Å². The van der Waals surface area contributed by atoms with Crippen molar-refractivity contribution in [2.45, 2.75) is 125 Å². The molecule has 0 aliphatic rings. The first-order valence-corrected chi connectivity index (χ1v) is 15.3. The summed E-state index contributed by atoms with van der Waals surface area (Å²) in [5.41, 5.74) is 1.53. The van der Waals surface area contributed by atoms with E-state index in [1.807, 2.05) is 27.7 Å². The molecule has 0 saturated heterocycles. The predicted octanol–water partition coefficient (Wildman–Crippen LogP) is 6.95. The maximum absolute atomic E-state index is 12.8. The van der Waals surface area contributed by atoms with Gasteiger partial charge in [0.05, 0.1) is 12.1 Å². The van der Waals surface area contributed by atoms with Gasteiger partial charge in [-0.15, -0.1) is 0 Å². The minimum Gasteiger partial charge on any atom is -0.489 e. The van der Waals surface area contributed by atoms with Gasteiger partial charge in [-0.2, -0.15) is 0 Å². The second kappa shape index (κ2) is 16.8. The summed E-state index contributed by atoms with van der Waals surface area (Å²) in [6.07, 6.45) is 3.70. The van der Waals surface area contributed by atoms with Gasteiger partial charge in [0, 0.05) is 12.5 Å². The second-order valence-corrected chi connectivity index (χ2v) is 13.7. The van der Waals surface area contributed by atoms with Crippen LogP contribution in [0, 0.1) is 17.8 Å². The Morgan fingerprint density at radius 2 is 1.73 bits per heavy atom. The minimum absolute atomic E-state index is 0.0709. The van der Waals surface area contributed by atoms with Gasteiger partial charge in [0.2, 0.25) is 5.91 Å². The number of ether oxygens (including phenoxy) is 2. The number of unbranched alkanes of at least 4 members (excludes halogenated alkanes) is 1. The average Bonchev–Trinajstić information content (AvgIpc) is 2.84. The van der Waals surface area contributed by atoms with Gasteiger partial charge in [-0.3, -0.25) is 4.79 Å². The number of aliphatic hydroxyl groups is 1. The van der Waals surface area contributed by atoms with E-state index in [-0.39, 0.29) is 29.6 Å². The lowest BCUT2D eigenvalue weighted by molar-refractivity contribution is -0.125. The summed E-state index contributed by atoms with van der Waals surface area (Å²) in [7, 11) is 0. The molecule has 0 fully saturated rings. The lowest BCUT2D eigenvalue weighted by atomic mass is 9.80. The molecule has 2 amide bonds. The van der Waals surface area contributed by atoms with Gasteiger partial charge in [-0.25, -0.2) is 4.79 Å². The molecule has 0 radical (unpaired) electrons. The van der Waals surface area contributed by atoms with Gasteiger partial charge in [-0.05, 0) is 80.9 Å². The first kappa shape index (κ1) is 36.5. The molecule has 0 saturated carbocycles. The summed E-state index contributed by atoms with van der Waals surface area (Å²) in [6.45, 7) is 25.0. The van der Waals surface area contributed by atoms with Crippen molar-refractivity contribution in [3.05, 3.63) is 42.0 Å².